The van der Waals surface area contributed by atoms with Gasteiger partial charge in [0, 0.05) is 11.9 Å². The fourth-order valence-electron chi connectivity index (χ4n) is 0.974. The Morgan fingerprint density at radius 2 is 2.23 bits per heavy atom. The van der Waals surface area contributed by atoms with E-state index in [2.05, 4.69) is 4.99 Å². The molecule has 1 nitrogen and oxygen atoms in total. The number of rotatable bonds is 2. The largest absolute Gasteiger partial charge is 0.261 e. The van der Waals surface area contributed by atoms with Gasteiger partial charge >= 0.3 is 0 Å². The highest BCUT2D eigenvalue weighted by Gasteiger charge is 1.96. The molecule has 1 rings (SSSR count). The predicted molar refractivity (Wildman–Crippen MR) is 53.4 cm³/mol. The lowest BCUT2D eigenvalue weighted by atomic mass is 10.1. The van der Waals surface area contributed by atoms with Crippen LogP contribution in [0.1, 0.15) is 19.4 Å². The van der Waals surface area contributed by atoms with Crippen molar-refractivity contribution in [3.63, 3.8) is 0 Å². The van der Waals surface area contributed by atoms with Crippen LogP contribution in [-0.2, 0) is 0 Å². The van der Waals surface area contributed by atoms with E-state index in [1.807, 2.05) is 26.0 Å². The number of nitrogens with zero attached hydrogens (tertiary/aromatic N) is 1. The lowest BCUT2D eigenvalue weighted by Gasteiger charge is -1.98. The second-order valence-corrected chi connectivity index (χ2v) is 2.71. The first kappa shape index (κ1) is 9.65. The Hall–Kier alpha value is -1.44. The lowest BCUT2D eigenvalue weighted by molar-refractivity contribution is 0.627. The first-order valence-electron chi connectivity index (χ1n) is 4.15. The molecule has 13 heavy (non-hydrogen) atoms. The van der Waals surface area contributed by atoms with E-state index in [1.54, 1.807) is 12.3 Å². The summed E-state index contributed by atoms with van der Waals surface area (Å²) in [6.45, 7) is 3.75. The van der Waals surface area contributed by atoms with Crippen molar-refractivity contribution in [3.8, 4) is 0 Å². The second kappa shape index (κ2) is 4.55. The van der Waals surface area contributed by atoms with Crippen LogP contribution < -0.4 is 0 Å². The number of aliphatic imine (C=N–C) groups is 1. The molecule has 0 amide bonds. The molecule has 0 spiro atoms. The van der Waals surface area contributed by atoms with Crippen LogP contribution in [0.3, 0.4) is 0 Å². The van der Waals surface area contributed by atoms with Crippen LogP contribution in [0.5, 0.6) is 0 Å². The van der Waals surface area contributed by atoms with E-state index in [4.69, 9.17) is 0 Å². The van der Waals surface area contributed by atoms with E-state index >= 15 is 0 Å². The van der Waals surface area contributed by atoms with Crippen LogP contribution in [0.15, 0.2) is 41.5 Å². The average molecular weight is 177 g/mol. The van der Waals surface area contributed by atoms with Gasteiger partial charge in [0.05, 0.1) is 0 Å². The molecular weight excluding hydrogens is 165 g/mol. The molecule has 0 aliphatic carbocycles. The summed E-state index contributed by atoms with van der Waals surface area (Å²) in [6.07, 6.45) is 3.53. The fourth-order valence-corrected chi connectivity index (χ4v) is 0.974. The van der Waals surface area contributed by atoms with Crippen LogP contribution in [0.2, 0.25) is 0 Å². The molecule has 0 heterocycles. The van der Waals surface area contributed by atoms with Gasteiger partial charge < -0.3 is 0 Å². The number of hydrogen-bond acceptors (Lipinski definition) is 1. The smallest absolute Gasteiger partial charge is 0.123 e. The van der Waals surface area contributed by atoms with Crippen molar-refractivity contribution in [2.45, 2.75) is 13.8 Å². The van der Waals surface area contributed by atoms with Crippen LogP contribution in [0.25, 0.3) is 0 Å². The molecule has 2 heteroatoms. The number of benzene rings is 1. The first-order chi connectivity index (χ1) is 6.24. The van der Waals surface area contributed by atoms with E-state index in [9.17, 15) is 4.39 Å². The Morgan fingerprint density at radius 3 is 2.85 bits per heavy atom. The second-order valence-electron chi connectivity index (χ2n) is 2.71. The van der Waals surface area contributed by atoms with Crippen LogP contribution in [0.4, 0.5) is 4.39 Å². The summed E-state index contributed by atoms with van der Waals surface area (Å²) >= 11 is 0. The normalized spacial score (nSPS) is 12.4. The van der Waals surface area contributed by atoms with Crippen molar-refractivity contribution in [1.82, 2.24) is 0 Å². The zero-order valence-corrected chi connectivity index (χ0v) is 7.79. The molecule has 1 aromatic rings. The Kier molecular flexibility index (Phi) is 3.38. The molecule has 0 aliphatic heterocycles. The van der Waals surface area contributed by atoms with Gasteiger partial charge in [0.15, 0.2) is 0 Å². The molecular formula is C11H12FN. The topological polar surface area (TPSA) is 12.4 Å². The molecule has 0 radical (unpaired) electrons. The fraction of sp³-hybridized carbons (Fsp3) is 0.182. The van der Waals surface area contributed by atoms with Crippen molar-refractivity contribution in [2.24, 2.45) is 4.99 Å². The maximum Gasteiger partial charge on any atom is 0.123 e. The zero-order chi connectivity index (χ0) is 9.68. The standard InChI is InChI=1S/C11H12FN/c1-3-7-13-9(2)10-5-4-6-11(12)8-10/h3-8H,1-2H3/b7-3-,13-9?. The van der Waals surface area contributed by atoms with Gasteiger partial charge in [0.2, 0.25) is 0 Å². The van der Waals surface area contributed by atoms with Crippen LogP contribution in [0, 0.1) is 5.82 Å². The Labute approximate surface area is 77.6 Å². The highest BCUT2D eigenvalue weighted by Crippen LogP contribution is 2.05. The summed E-state index contributed by atoms with van der Waals surface area (Å²) in [5.41, 5.74) is 1.63. The van der Waals surface area contributed by atoms with Crippen molar-refractivity contribution < 1.29 is 4.39 Å². The van der Waals surface area contributed by atoms with Gasteiger partial charge in [0.1, 0.15) is 5.82 Å². The molecule has 0 N–H and O–H groups in total. The van der Waals surface area contributed by atoms with Gasteiger partial charge in [-0.3, -0.25) is 4.99 Å². The molecule has 0 saturated carbocycles. The summed E-state index contributed by atoms with van der Waals surface area (Å²) in [6, 6.07) is 6.42. The van der Waals surface area contributed by atoms with Crippen molar-refractivity contribution in [3.05, 3.63) is 47.9 Å². The molecule has 0 aliphatic rings. The predicted octanol–water partition coefficient (Wildman–Crippen LogP) is 3.17. The molecule has 0 atom stereocenters. The number of hydrogen-bond donors (Lipinski definition) is 0. The highest BCUT2D eigenvalue weighted by atomic mass is 19.1. The van der Waals surface area contributed by atoms with Gasteiger partial charge in [-0.25, -0.2) is 4.39 Å². The van der Waals surface area contributed by atoms with Gasteiger partial charge in [-0.05, 0) is 31.5 Å². The van der Waals surface area contributed by atoms with E-state index in [0.29, 0.717) is 0 Å². The van der Waals surface area contributed by atoms with Gasteiger partial charge in [-0.15, -0.1) is 0 Å². The van der Waals surface area contributed by atoms with Crippen molar-refractivity contribution in [2.75, 3.05) is 0 Å². The van der Waals surface area contributed by atoms with E-state index in [1.165, 1.54) is 12.1 Å². The quantitative estimate of drug-likeness (QED) is 0.615. The number of halogens is 1. The zero-order valence-electron chi connectivity index (χ0n) is 7.79. The summed E-state index contributed by atoms with van der Waals surface area (Å²) in [5, 5.41) is 0. The molecule has 0 saturated heterocycles. The van der Waals surface area contributed by atoms with Crippen molar-refractivity contribution >= 4 is 5.71 Å². The van der Waals surface area contributed by atoms with E-state index in [0.717, 1.165) is 11.3 Å². The Bertz CT molecular complexity index is 340. The lowest BCUT2D eigenvalue weighted by Crippen LogP contribution is -1.93. The third-order valence-corrected chi connectivity index (χ3v) is 1.66. The minimum absolute atomic E-state index is 0.229. The minimum atomic E-state index is -0.229. The van der Waals surface area contributed by atoms with Gasteiger partial charge in [0.25, 0.3) is 0 Å². The van der Waals surface area contributed by atoms with Crippen LogP contribution in [-0.4, -0.2) is 5.71 Å². The van der Waals surface area contributed by atoms with Gasteiger partial charge in [-0.2, -0.15) is 0 Å². The third-order valence-electron chi connectivity index (χ3n) is 1.66. The molecule has 0 unspecified atom stereocenters. The summed E-state index contributed by atoms with van der Waals surface area (Å²) in [7, 11) is 0. The number of allylic oxidation sites excluding steroid dienone is 1. The van der Waals surface area contributed by atoms with E-state index in [-0.39, 0.29) is 5.82 Å². The SMILES string of the molecule is C/C=C\N=C(C)c1cccc(F)c1. The molecule has 0 bridgehead atoms. The molecule has 1 aromatic carbocycles. The summed E-state index contributed by atoms with van der Waals surface area (Å²) < 4.78 is 12.8. The van der Waals surface area contributed by atoms with Gasteiger partial charge in [-0.1, -0.05) is 18.2 Å². The summed E-state index contributed by atoms with van der Waals surface area (Å²) in [4.78, 5) is 4.12. The van der Waals surface area contributed by atoms with Crippen molar-refractivity contribution in [1.29, 1.82) is 0 Å². The monoisotopic (exact) mass is 177 g/mol. The molecule has 0 aromatic heterocycles. The molecule has 0 fully saturated rings. The molecule has 68 valence electrons. The highest BCUT2D eigenvalue weighted by molar-refractivity contribution is 5.98. The summed E-state index contributed by atoms with van der Waals surface area (Å²) in [5.74, 6) is -0.229. The maximum absolute atomic E-state index is 12.8. The minimum Gasteiger partial charge on any atom is -0.261 e. The third kappa shape index (κ3) is 2.82. The maximum atomic E-state index is 12.8. The average Bonchev–Trinajstić information content (AvgIpc) is 2.14. The van der Waals surface area contributed by atoms with E-state index < -0.39 is 0 Å². The first-order valence-corrected chi connectivity index (χ1v) is 4.15. The van der Waals surface area contributed by atoms with Crippen LogP contribution >= 0.6 is 0 Å². The Morgan fingerprint density at radius 1 is 1.46 bits per heavy atom. The Balaban J connectivity index is 2.94.